The van der Waals surface area contributed by atoms with E-state index in [2.05, 4.69) is 17.1 Å². The molecule has 82 valence electrons. The molecule has 0 bridgehead atoms. The van der Waals surface area contributed by atoms with Crippen LogP contribution in [0.15, 0.2) is 30.5 Å². The number of H-pyrrole nitrogens is 1. The van der Waals surface area contributed by atoms with E-state index in [-0.39, 0.29) is 5.69 Å². The van der Waals surface area contributed by atoms with Gasteiger partial charge in [0.25, 0.3) is 0 Å². The van der Waals surface area contributed by atoms with Gasteiger partial charge in [-0.2, -0.15) is 5.10 Å². The fourth-order valence-electron chi connectivity index (χ4n) is 1.54. The van der Waals surface area contributed by atoms with E-state index in [1.807, 2.05) is 24.3 Å². The minimum Gasteiger partial charge on any atom is -0.271 e. The van der Waals surface area contributed by atoms with E-state index in [9.17, 15) is 10.1 Å². The molecule has 5 heteroatoms. The molecule has 0 fully saturated rings. The van der Waals surface area contributed by atoms with Crippen molar-refractivity contribution < 1.29 is 4.92 Å². The largest absolute Gasteiger partial charge is 0.314 e. The van der Waals surface area contributed by atoms with E-state index < -0.39 is 4.92 Å². The lowest BCUT2D eigenvalue weighted by molar-refractivity contribution is -0.384. The fourth-order valence-corrected chi connectivity index (χ4v) is 1.54. The molecule has 0 saturated carbocycles. The second-order valence-corrected chi connectivity index (χ2v) is 3.44. The molecule has 2 aromatic rings. The van der Waals surface area contributed by atoms with Crippen LogP contribution in [-0.4, -0.2) is 15.1 Å². The van der Waals surface area contributed by atoms with Crippen molar-refractivity contribution in [2.75, 3.05) is 0 Å². The SMILES string of the molecule is CCc1ccc(-c2[nH]ncc2[N+](=O)[O-])cc1. The molecule has 0 saturated heterocycles. The van der Waals surface area contributed by atoms with Gasteiger partial charge in [0.15, 0.2) is 0 Å². The van der Waals surface area contributed by atoms with Gasteiger partial charge in [0.05, 0.1) is 4.92 Å². The van der Waals surface area contributed by atoms with Gasteiger partial charge in [-0.3, -0.25) is 15.2 Å². The zero-order valence-electron chi connectivity index (χ0n) is 8.80. The molecule has 16 heavy (non-hydrogen) atoms. The topological polar surface area (TPSA) is 71.8 Å². The van der Waals surface area contributed by atoms with Gasteiger partial charge in [-0.1, -0.05) is 31.2 Å². The number of rotatable bonds is 3. The van der Waals surface area contributed by atoms with Crippen molar-refractivity contribution in [3.8, 4) is 11.3 Å². The number of aromatic nitrogens is 2. The summed E-state index contributed by atoms with van der Waals surface area (Å²) in [6.45, 7) is 2.06. The van der Waals surface area contributed by atoms with E-state index in [0.717, 1.165) is 12.0 Å². The van der Waals surface area contributed by atoms with Gasteiger partial charge < -0.3 is 0 Å². The predicted octanol–water partition coefficient (Wildman–Crippen LogP) is 2.55. The molecule has 0 aliphatic heterocycles. The van der Waals surface area contributed by atoms with Gasteiger partial charge in [0, 0.05) is 5.56 Å². The van der Waals surface area contributed by atoms with Crippen LogP contribution < -0.4 is 0 Å². The Morgan fingerprint density at radius 3 is 2.62 bits per heavy atom. The number of hydrogen-bond donors (Lipinski definition) is 1. The van der Waals surface area contributed by atoms with Gasteiger partial charge >= 0.3 is 5.69 Å². The normalized spacial score (nSPS) is 10.3. The number of aryl methyl sites for hydroxylation is 1. The van der Waals surface area contributed by atoms with Crippen molar-refractivity contribution in [3.63, 3.8) is 0 Å². The van der Waals surface area contributed by atoms with Crippen LogP contribution in [0.5, 0.6) is 0 Å². The molecule has 0 atom stereocenters. The Balaban J connectivity index is 2.42. The third-order valence-electron chi connectivity index (χ3n) is 2.47. The third-order valence-corrected chi connectivity index (χ3v) is 2.47. The van der Waals surface area contributed by atoms with Gasteiger partial charge in [-0.15, -0.1) is 0 Å². The lowest BCUT2D eigenvalue weighted by Crippen LogP contribution is -1.89. The minimum absolute atomic E-state index is 0.00393. The van der Waals surface area contributed by atoms with Crippen LogP contribution in [-0.2, 0) is 6.42 Å². The first-order valence-electron chi connectivity index (χ1n) is 4.99. The summed E-state index contributed by atoms with van der Waals surface area (Å²) in [6, 6.07) is 7.64. The summed E-state index contributed by atoms with van der Waals surface area (Å²) in [5, 5.41) is 17.1. The first-order chi connectivity index (χ1) is 7.72. The molecular formula is C11H11N3O2. The van der Waals surface area contributed by atoms with E-state index in [0.29, 0.717) is 5.69 Å². The van der Waals surface area contributed by atoms with Crippen LogP contribution in [0, 0.1) is 10.1 Å². The second kappa shape index (κ2) is 4.14. The second-order valence-electron chi connectivity index (χ2n) is 3.44. The summed E-state index contributed by atoms with van der Waals surface area (Å²) < 4.78 is 0. The van der Waals surface area contributed by atoms with Crippen molar-refractivity contribution in [1.82, 2.24) is 10.2 Å². The van der Waals surface area contributed by atoms with Gasteiger partial charge in [-0.05, 0) is 12.0 Å². The van der Waals surface area contributed by atoms with Crippen LogP contribution in [0.25, 0.3) is 11.3 Å². The molecule has 1 aromatic heterocycles. The molecule has 0 aliphatic rings. The number of aromatic amines is 1. The monoisotopic (exact) mass is 217 g/mol. The maximum absolute atomic E-state index is 10.7. The lowest BCUT2D eigenvalue weighted by Gasteiger charge is -1.99. The number of nitrogens with one attached hydrogen (secondary N) is 1. The van der Waals surface area contributed by atoms with Crippen LogP contribution in [0.4, 0.5) is 5.69 Å². The van der Waals surface area contributed by atoms with Gasteiger partial charge in [-0.25, -0.2) is 0 Å². The number of benzene rings is 1. The first-order valence-corrected chi connectivity index (χ1v) is 4.99. The predicted molar refractivity (Wildman–Crippen MR) is 60.1 cm³/mol. The Morgan fingerprint density at radius 2 is 2.06 bits per heavy atom. The summed E-state index contributed by atoms with van der Waals surface area (Å²) in [5.41, 5.74) is 2.43. The molecule has 1 heterocycles. The number of hydrogen-bond acceptors (Lipinski definition) is 3. The summed E-state index contributed by atoms with van der Waals surface area (Å²) in [7, 11) is 0. The molecule has 0 unspecified atom stereocenters. The third kappa shape index (κ3) is 1.79. The average Bonchev–Trinajstić information content (AvgIpc) is 2.78. The molecule has 1 N–H and O–H groups in total. The first kappa shape index (κ1) is 10.4. The van der Waals surface area contributed by atoms with Gasteiger partial charge in [0.1, 0.15) is 11.9 Å². The van der Waals surface area contributed by atoms with Crippen molar-refractivity contribution >= 4 is 5.69 Å². The molecule has 0 amide bonds. The van der Waals surface area contributed by atoms with Crippen molar-refractivity contribution in [3.05, 3.63) is 46.1 Å². The van der Waals surface area contributed by atoms with Crippen LogP contribution >= 0.6 is 0 Å². The lowest BCUT2D eigenvalue weighted by atomic mass is 10.1. The zero-order valence-corrected chi connectivity index (χ0v) is 8.80. The molecule has 0 radical (unpaired) electrons. The highest BCUT2D eigenvalue weighted by Gasteiger charge is 2.17. The van der Waals surface area contributed by atoms with E-state index >= 15 is 0 Å². The maximum Gasteiger partial charge on any atom is 0.314 e. The van der Waals surface area contributed by atoms with E-state index in [1.54, 1.807) is 0 Å². The molecule has 0 spiro atoms. The van der Waals surface area contributed by atoms with Crippen molar-refractivity contribution in [2.45, 2.75) is 13.3 Å². The smallest absolute Gasteiger partial charge is 0.271 e. The Hall–Kier alpha value is -2.17. The highest BCUT2D eigenvalue weighted by molar-refractivity contribution is 5.68. The summed E-state index contributed by atoms with van der Waals surface area (Å²) >= 11 is 0. The van der Waals surface area contributed by atoms with Crippen LogP contribution in [0.3, 0.4) is 0 Å². The van der Waals surface area contributed by atoms with Crippen LogP contribution in [0.2, 0.25) is 0 Å². The summed E-state index contributed by atoms with van der Waals surface area (Å²) in [4.78, 5) is 10.3. The van der Waals surface area contributed by atoms with E-state index in [1.165, 1.54) is 11.8 Å². The average molecular weight is 217 g/mol. The Bertz CT molecular complexity index is 502. The maximum atomic E-state index is 10.7. The standard InChI is InChI=1S/C11H11N3O2/c1-2-8-3-5-9(6-4-8)11-10(14(15)16)7-12-13-11/h3-7H,2H2,1H3,(H,12,13). The highest BCUT2D eigenvalue weighted by atomic mass is 16.6. The van der Waals surface area contributed by atoms with Gasteiger partial charge in [0.2, 0.25) is 0 Å². The Kier molecular flexibility index (Phi) is 2.68. The molecular weight excluding hydrogens is 206 g/mol. The molecule has 0 aliphatic carbocycles. The summed E-state index contributed by atoms with van der Waals surface area (Å²) in [5.74, 6) is 0. The fraction of sp³-hybridized carbons (Fsp3) is 0.182. The van der Waals surface area contributed by atoms with E-state index in [4.69, 9.17) is 0 Å². The number of nitro groups is 1. The van der Waals surface area contributed by atoms with Crippen molar-refractivity contribution in [1.29, 1.82) is 0 Å². The molecule has 2 rings (SSSR count). The molecule has 1 aromatic carbocycles. The highest BCUT2D eigenvalue weighted by Crippen LogP contribution is 2.26. The minimum atomic E-state index is -0.438. The zero-order chi connectivity index (χ0) is 11.5. The Morgan fingerprint density at radius 1 is 1.38 bits per heavy atom. The quantitative estimate of drug-likeness (QED) is 0.634. The van der Waals surface area contributed by atoms with Crippen LogP contribution in [0.1, 0.15) is 12.5 Å². The Labute approximate surface area is 92.3 Å². The summed E-state index contributed by atoms with van der Waals surface area (Å²) in [6.07, 6.45) is 2.18. The van der Waals surface area contributed by atoms with Crippen molar-refractivity contribution in [2.24, 2.45) is 0 Å². The number of nitrogens with zero attached hydrogens (tertiary/aromatic N) is 2. The molecule has 5 nitrogen and oxygen atoms in total.